The van der Waals surface area contributed by atoms with Gasteiger partial charge in [-0.2, -0.15) is 0 Å². The SMILES string of the molecule is CS(=O)(=O)c1ccc(S(=O)(=O)C/C(F)=C/C[CH]N)cc1. The first-order valence-corrected chi connectivity index (χ1v) is 9.12. The maximum atomic E-state index is 13.4. The summed E-state index contributed by atoms with van der Waals surface area (Å²) in [6.07, 6.45) is 2.22. The summed E-state index contributed by atoms with van der Waals surface area (Å²) in [6, 6.07) is 4.65. The zero-order valence-corrected chi connectivity index (χ0v) is 12.4. The Morgan fingerprint density at radius 3 is 2.10 bits per heavy atom. The van der Waals surface area contributed by atoms with Crippen molar-refractivity contribution in [1.82, 2.24) is 0 Å². The van der Waals surface area contributed by atoms with E-state index in [2.05, 4.69) is 0 Å². The number of nitrogens with two attached hydrogens (primary N) is 1. The molecule has 0 saturated heterocycles. The van der Waals surface area contributed by atoms with Gasteiger partial charge in [0.1, 0.15) is 11.6 Å². The Labute approximate surface area is 118 Å². The van der Waals surface area contributed by atoms with E-state index in [9.17, 15) is 21.2 Å². The lowest BCUT2D eigenvalue weighted by Crippen LogP contribution is -2.08. The maximum absolute atomic E-state index is 13.4. The fourth-order valence-corrected chi connectivity index (χ4v) is 3.24. The molecule has 2 N–H and O–H groups in total. The lowest BCUT2D eigenvalue weighted by molar-refractivity contribution is 0.582. The molecular formula is C12H15FNO4S2. The van der Waals surface area contributed by atoms with E-state index in [1.807, 2.05) is 0 Å². The largest absolute Gasteiger partial charge is 0.326 e. The fraction of sp³-hybridized carbons (Fsp3) is 0.250. The minimum atomic E-state index is -3.84. The van der Waals surface area contributed by atoms with Crippen LogP contribution in [0.3, 0.4) is 0 Å². The molecule has 0 aliphatic heterocycles. The summed E-state index contributed by atoms with van der Waals surface area (Å²) in [6.45, 7) is 1.20. The molecule has 111 valence electrons. The van der Waals surface area contributed by atoms with Crippen molar-refractivity contribution in [2.75, 3.05) is 12.0 Å². The molecule has 0 bridgehead atoms. The maximum Gasteiger partial charge on any atom is 0.184 e. The molecule has 0 spiro atoms. The van der Waals surface area contributed by atoms with Gasteiger partial charge in [-0.3, -0.25) is 0 Å². The van der Waals surface area contributed by atoms with Crippen molar-refractivity contribution in [3.63, 3.8) is 0 Å². The number of sulfone groups is 2. The Morgan fingerprint density at radius 1 is 1.15 bits per heavy atom. The zero-order valence-electron chi connectivity index (χ0n) is 10.8. The number of halogens is 1. The van der Waals surface area contributed by atoms with Crippen molar-refractivity contribution in [2.45, 2.75) is 16.2 Å². The van der Waals surface area contributed by atoms with Crippen LogP contribution in [0.5, 0.6) is 0 Å². The Bertz CT molecular complexity index is 691. The van der Waals surface area contributed by atoms with E-state index >= 15 is 0 Å². The quantitative estimate of drug-likeness (QED) is 0.850. The van der Waals surface area contributed by atoms with Gasteiger partial charge in [-0.25, -0.2) is 21.2 Å². The smallest absolute Gasteiger partial charge is 0.184 e. The third-order valence-corrected chi connectivity index (χ3v) is 5.19. The summed E-state index contributed by atoms with van der Waals surface area (Å²) in [5.41, 5.74) is 5.07. The molecule has 1 rings (SSSR count). The Morgan fingerprint density at radius 2 is 1.65 bits per heavy atom. The zero-order chi connectivity index (χ0) is 15.4. The van der Waals surface area contributed by atoms with Gasteiger partial charge in [0.05, 0.1) is 9.79 Å². The second-order valence-electron chi connectivity index (χ2n) is 4.13. The molecule has 0 aromatic heterocycles. The van der Waals surface area contributed by atoms with Crippen LogP contribution in [0.1, 0.15) is 6.42 Å². The normalized spacial score (nSPS) is 13.4. The summed E-state index contributed by atoms with van der Waals surface area (Å²) in [5, 5.41) is 0. The number of hydrogen-bond acceptors (Lipinski definition) is 5. The number of benzene rings is 1. The van der Waals surface area contributed by atoms with E-state index in [1.54, 1.807) is 0 Å². The van der Waals surface area contributed by atoms with Gasteiger partial charge in [0, 0.05) is 12.8 Å². The second kappa shape index (κ2) is 6.47. The highest BCUT2D eigenvalue weighted by Crippen LogP contribution is 2.18. The third kappa shape index (κ3) is 4.69. The molecule has 0 fully saturated rings. The first-order chi connectivity index (χ1) is 9.16. The van der Waals surface area contributed by atoms with Crippen LogP contribution < -0.4 is 5.73 Å². The van der Waals surface area contributed by atoms with Gasteiger partial charge in [-0.15, -0.1) is 0 Å². The van der Waals surface area contributed by atoms with Gasteiger partial charge in [0.2, 0.25) is 0 Å². The average molecular weight is 320 g/mol. The third-order valence-electron chi connectivity index (χ3n) is 2.41. The molecule has 5 nitrogen and oxygen atoms in total. The van der Waals surface area contributed by atoms with Gasteiger partial charge in [-0.1, -0.05) is 6.08 Å². The number of hydrogen-bond donors (Lipinski definition) is 1. The summed E-state index contributed by atoms with van der Waals surface area (Å²) in [4.78, 5) is -0.129. The molecule has 0 saturated carbocycles. The molecule has 0 unspecified atom stereocenters. The molecule has 0 aliphatic rings. The molecule has 0 amide bonds. The summed E-state index contributed by atoms with van der Waals surface area (Å²) < 4.78 is 59.7. The van der Waals surface area contributed by atoms with Crippen molar-refractivity contribution in [2.24, 2.45) is 5.73 Å². The lowest BCUT2D eigenvalue weighted by Gasteiger charge is -2.04. The molecular weight excluding hydrogens is 305 g/mol. The number of rotatable bonds is 6. The van der Waals surface area contributed by atoms with Gasteiger partial charge >= 0.3 is 0 Å². The highest BCUT2D eigenvalue weighted by atomic mass is 32.2. The highest BCUT2D eigenvalue weighted by molar-refractivity contribution is 7.91. The van der Waals surface area contributed by atoms with Crippen molar-refractivity contribution < 1.29 is 21.2 Å². The minimum absolute atomic E-state index is 0.00481. The molecule has 1 aromatic carbocycles. The van der Waals surface area contributed by atoms with E-state index in [0.717, 1.165) is 24.5 Å². The molecule has 8 heteroatoms. The van der Waals surface area contributed by atoms with Gasteiger partial charge in [0.15, 0.2) is 19.7 Å². The Balaban J connectivity index is 3.00. The van der Waals surface area contributed by atoms with Crippen LogP contribution in [0.25, 0.3) is 0 Å². The van der Waals surface area contributed by atoms with Crippen LogP contribution in [0.4, 0.5) is 4.39 Å². The summed E-state index contributed by atoms with van der Waals surface area (Å²) in [7, 11) is -7.24. The van der Waals surface area contributed by atoms with Crippen molar-refractivity contribution in [3.05, 3.63) is 42.7 Å². The molecule has 0 heterocycles. The summed E-state index contributed by atoms with van der Waals surface area (Å²) >= 11 is 0. The van der Waals surface area contributed by atoms with Crippen molar-refractivity contribution in [3.8, 4) is 0 Å². The van der Waals surface area contributed by atoms with E-state index in [4.69, 9.17) is 5.73 Å². The van der Waals surface area contributed by atoms with Gasteiger partial charge in [0.25, 0.3) is 0 Å². The summed E-state index contributed by atoms with van der Waals surface area (Å²) in [5.74, 6) is -1.59. The monoisotopic (exact) mass is 320 g/mol. The molecule has 1 aromatic rings. The van der Waals surface area contributed by atoms with Gasteiger partial charge < -0.3 is 5.73 Å². The van der Waals surface area contributed by atoms with Crippen molar-refractivity contribution >= 4 is 19.7 Å². The first-order valence-electron chi connectivity index (χ1n) is 5.57. The lowest BCUT2D eigenvalue weighted by atomic mass is 10.4. The van der Waals surface area contributed by atoms with Crippen LogP contribution in [-0.2, 0) is 19.7 Å². The van der Waals surface area contributed by atoms with Crippen LogP contribution in [0.2, 0.25) is 0 Å². The fourth-order valence-electron chi connectivity index (χ4n) is 1.41. The van der Waals surface area contributed by atoms with E-state index in [1.165, 1.54) is 18.7 Å². The minimum Gasteiger partial charge on any atom is -0.326 e. The predicted molar refractivity (Wildman–Crippen MR) is 73.9 cm³/mol. The Kier molecular flexibility index (Phi) is 5.43. The second-order valence-corrected chi connectivity index (χ2v) is 8.13. The molecule has 0 atom stereocenters. The topological polar surface area (TPSA) is 94.3 Å². The van der Waals surface area contributed by atoms with Crippen LogP contribution in [0.15, 0.2) is 46.0 Å². The van der Waals surface area contributed by atoms with Crippen molar-refractivity contribution in [1.29, 1.82) is 0 Å². The van der Waals surface area contributed by atoms with Crippen LogP contribution in [0, 0.1) is 6.54 Å². The highest BCUT2D eigenvalue weighted by Gasteiger charge is 2.18. The van der Waals surface area contributed by atoms with Gasteiger partial charge in [-0.05, 0) is 30.7 Å². The predicted octanol–water partition coefficient (Wildman–Crippen LogP) is 1.23. The van der Waals surface area contributed by atoms with Crippen LogP contribution in [-0.4, -0.2) is 28.8 Å². The molecule has 0 aliphatic carbocycles. The average Bonchev–Trinajstić information content (AvgIpc) is 2.35. The van der Waals surface area contributed by atoms with E-state index in [0.29, 0.717) is 0 Å². The molecule has 1 radical (unpaired) electrons. The standard InChI is InChI=1S/C12H15FNO4S2/c1-19(15,16)11-4-6-12(7-5-11)20(17,18)9-10(13)3-2-8-14/h3-8H,2,9,14H2,1H3/b10-3-. The Hall–Kier alpha value is -1.25. The van der Waals surface area contributed by atoms with Crippen LogP contribution >= 0.6 is 0 Å². The molecule has 20 heavy (non-hydrogen) atoms. The van der Waals surface area contributed by atoms with E-state index in [-0.39, 0.29) is 16.2 Å². The van der Waals surface area contributed by atoms with E-state index < -0.39 is 31.3 Å². The first kappa shape index (κ1) is 16.8.